The van der Waals surface area contributed by atoms with Gasteiger partial charge in [0.1, 0.15) is 5.82 Å². The number of benzene rings is 5. The predicted molar refractivity (Wildman–Crippen MR) is 163 cm³/mol. The zero-order chi connectivity index (χ0) is 25.7. The van der Waals surface area contributed by atoms with Crippen molar-refractivity contribution >= 4 is 28.1 Å². The Labute approximate surface area is 231 Å². The van der Waals surface area contributed by atoms with Gasteiger partial charge in [-0.05, 0) is 35.4 Å². The molecule has 0 aliphatic heterocycles. The van der Waals surface area contributed by atoms with Crippen LogP contribution in [0, 0.1) is 0 Å². The van der Waals surface area contributed by atoms with E-state index >= 15 is 0 Å². The fourth-order valence-corrected chi connectivity index (χ4v) is 4.88. The normalized spacial score (nSPS) is 11.2. The molecule has 0 aliphatic rings. The topological polar surface area (TPSA) is 17.8 Å². The number of hydrogen-bond donors (Lipinski definition) is 0. The van der Waals surface area contributed by atoms with Gasteiger partial charge in [0.05, 0.1) is 11.4 Å². The maximum atomic E-state index is 5.25. The highest BCUT2D eigenvalue weighted by Gasteiger charge is 2.22. The Morgan fingerprint density at radius 1 is 0.500 bits per heavy atom. The molecule has 6 rings (SSSR count). The van der Waals surface area contributed by atoms with E-state index in [1.54, 1.807) is 0 Å². The largest absolute Gasteiger partial charge is 0.292 e. The van der Waals surface area contributed by atoms with Gasteiger partial charge in [0.2, 0.25) is 0 Å². The fraction of sp³-hybridized carbons (Fsp3) is 0. The number of hydrogen-bond acceptors (Lipinski definition) is 1. The second kappa shape index (κ2) is 10.9. The van der Waals surface area contributed by atoms with Crippen molar-refractivity contribution in [2.75, 3.05) is 0 Å². The van der Waals surface area contributed by atoms with Crippen LogP contribution >= 0.6 is 15.9 Å². The molecule has 0 aliphatic carbocycles. The van der Waals surface area contributed by atoms with Crippen molar-refractivity contribution < 1.29 is 0 Å². The summed E-state index contributed by atoms with van der Waals surface area (Å²) in [5.41, 5.74) is 8.71. The Balaban J connectivity index is 1.51. The zero-order valence-electron chi connectivity index (χ0n) is 20.7. The highest BCUT2D eigenvalue weighted by atomic mass is 79.9. The molecule has 38 heavy (non-hydrogen) atoms. The maximum Gasteiger partial charge on any atom is 0.145 e. The average molecular weight is 554 g/mol. The van der Waals surface area contributed by atoms with Crippen LogP contribution in [-0.2, 0) is 0 Å². The van der Waals surface area contributed by atoms with Gasteiger partial charge in [-0.25, -0.2) is 4.98 Å². The molecule has 0 saturated heterocycles. The quantitative estimate of drug-likeness (QED) is 0.188. The molecule has 6 aromatic rings. The van der Waals surface area contributed by atoms with Gasteiger partial charge in [0.25, 0.3) is 0 Å². The Morgan fingerprint density at radius 2 is 0.974 bits per heavy atom. The first-order valence-electron chi connectivity index (χ1n) is 12.6. The van der Waals surface area contributed by atoms with Crippen molar-refractivity contribution in [1.82, 2.24) is 9.55 Å². The number of rotatable bonds is 6. The Bertz CT molecular complexity index is 1670. The van der Waals surface area contributed by atoms with Gasteiger partial charge < -0.3 is 0 Å². The summed E-state index contributed by atoms with van der Waals surface area (Å²) in [5.74, 6) is 0.918. The molecule has 3 heteroatoms. The van der Waals surface area contributed by atoms with E-state index in [1.165, 1.54) is 0 Å². The van der Waals surface area contributed by atoms with Crippen molar-refractivity contribution in [2.24, 2.45) is 0 Å². The van der Waals surface area contributed by atoms with E-state index in [2.05, 4.69) is 160 Å². The summed E-state index contributed by atoms with van der Waals surface area (Å²) in [6, 6.07) is 48.4. The monoisotopic (exact) mass is 552 g/mol. The van der Waals surface area contributed by atoms with E-state index in [4.69, 9.17) is 4.98 Å². The molecule has 0 N–H and O–H groups in total. The van der Waals surface area contributed by atoms with E-state index in [0.29, 0.717) is 0 Å². The molecule has 0 amide bonds. The second-order valence-corrected chi connectivity index (χ2v) is 9.96. The Hall–Kier alpha value is -4.47. The molecule has 0 spiro atoms. The van der Waals surface area contributed by atoms with Gasteiger partial charge in [-0.2, -0.15) is 0 Å². The van der Waals surface area contributed by atoms with Crippen LogP contribution in [0.5, 0.6) is 0 Å². The summed E-state index contributed by atoms with van der Waals surface area (Å²) < 4.78 is 3.37. The lowest BCUT2D eigenvalue weighted by Crippen LogP contribution is -2.00. The smallest absolute Gasteiger partial charge is 0.145 e. The minimum Gasteiger partial charge on any atom is -0.292 e. The third kappa shape index (κ3) is 5.02. The van der Waals surface area contributed by atoms with Crippen molar-refractivity contribution in [3.05, 3.63) is 155 Å². The van der Waals surface area contributed by atoms with E-state index in [-0.39, 0.29) is 0 Å². The van der Waals surface area contributed by atoms with Crippen LogP contribution in [0.1, 0.15) is 11.1 Å². The molecular weight excluding hydrogens is 528 g/mol. The highest BCUT2D eigenvalue weighted by molar-refractivity contribution is 9.10. The maximum absolute atomic E-state index is 5.25. The summed E-state index contributed by atoms with van der Waals surface area (Å²) in [6.07, 6.45) is 4.28. The molecule has 182 valence electrons. The zero-order valence-corrected chi connectivity index (χ0v) is 22.3. The molecule has 0 bridgehead atoms. The summed E-state index contributed by atoms with van der Waals surface area (Å²) >= 11 is 3.50. The molecule has 5 aromatic carbocycles. The third-order valence-corrected chi connectivity index (χ3v) is 7.02. The lowest BCUT2D eigenvalue weighted by Gasteiger charge is -2.14. The number of aromatic nitrogens is 2. The van der Waals surface area contributed by atoms with E-state index in [1.807, 2.05) is 12.1 Å². The van der Waals surface area contributed by atoms with Crippen molar-refractivity contribution in [2.45, 2.75) is 0 Å². The number of nitrogens with zero attached hydrogens (tertiary/aromatic N) is 2. The number of halogens is 1. The van der Waals surface area contributed by atoms with Crippen molar-refractivity contribution in [3.63, 3.8) is 0 Å². The lowest BCUT2D eigenvalue weighted by atomic mass is 10.0. The molecule has 0 fully saturated rings. The van der Waals surface area contributed by atoms with E-state index in [0.717, 1.165) is 55.2 Å². The molecule has 2 nitrogen and oxygen atoms in total. The van der Waals surface area contributed by atoms with Crippen LogP contribution in [0.15, 0.2) is 144 Å². The first-order chi connectivity index (χ1) is 18.8. The van der Waals surface area contributed by atoms with Crippen LogP contribution in [0.3, 0.4) is 0 Å². The summed E-state index contributed by atoms with van der Waals surface area (Å²) in [5, 5.41) is 0. The van der Waals surface area contributed by atoms with Gasteiger partial charge in [-0.15, -0.1) is 0 Å². The summed E-state index contributed by atoms with van der Waals surface area (Å²) in [4.78, 5) is 5.25. The molecule has 0 radical (unpaired) electrons. The minimum absolute atomic E-state index is 0.918. The minimum atomic E-state index is 0.918. The molecular formula is C35H25BrN2. The molecule has 0 saturated carbocycles. The van der Waals surface area contributed by atoms with Gasteiger partial charge in [-0.1, -0.05) is 143 Å². The van der Waals surface area contributed by atoms with Gasteiger partial charge >= 0.3 is 0 Å². The molecule has 1 heterocycles. The first kappa shape index (κ1) is 23.9. The third-order valence-electron chi connectivity index (χ3n) is 6.49. The highest BCUT2D eigenvalue weighted by Crippen LogP contribution is 2.38. The van der Waals surface area contributed by atoms with E-state index in [9.17, 15) is 0 Å². The second-order valence-electron chi connectivity index (χ2n) is 9.04. The van der Waals surface area contributed by atoms with Crippen LogP contribution < -0.4 is 0 Å². The molecule has 0 unspecified atom stereocenters. The van der Waals surface area contributed by atoms with Crippen molar-refractivity contribution in [1.29, 1.82) is 0 Å². The average Bonchev–Trinajstić information content (AvgIpc) is 3.39. The molecule has 0 atom stereocenters. The standard InChI is InChI=1S/C35H25BrN2/c36-31-22-18-26(19-23-31)16-17-27-20-24-32(25-21-27)38-34(29-12-6-2-7-13-29)33(28-10-4-1-5-11-28)37-35(38)30-14-8-3-9-15-30/h1-25H/b17-16+. The van der Waals surface area contributed by atoms with Crippen molar-refractivity contribution in [3.8, 4) is 39.6 Å². The van der Waals surface area contributed by atoms with Crippen LogP contribution in [-0.4, -0.2) is 9.55 Å². The van der Waals surface area contributed by atoms with Gasteiger partial charge in [0, 0.05) is 26.9 Å². The Morgan fingerprint density at radius 3 is 1.53 bits per heavy atom. The number of imidazole rings is 1. The summed E-state index contributed by atoms with van der Waals surface area (Å²) in [6.45, 7) is 0. The van der Waals surface area contributed by atoms with Gasteiger partial charge in [-0.3, -0.25) is 4.57 Å². The van der Waals surface area contributed by atoms with Gasteiger partial charge in [0.15, 0.2) is 0 Å². The van der Waals surface area contributed by atoms with Crippen LogP contribution in [0.25, 0.3) is 51.7 Å². The Kier molecular flexibility index (Phi) is 6.84. The van der Waals surface area contributed by atoms with Crippen LogP contribution in [0.2, 0.25) is 0 Å². The molecule has 1 aromatic heterocycles. The SMILES string of the molecule is Brc1ccc(/C=C/c2ccc(-n3c(-c4ccccc4)nc(-c4ccccc4)c3-c3ccccc3)cc2)cc1. The van der Waals surface area contributed by atoms with E-state index < -0.39 is 0 Å². The lowest BCUT2D eigenvalue weighted by molar-refractivity contribution is 1.07. The predicted octanol–water partition coefficient (Wildman–Crippen LogP) is 9.81. The summed E-state index contributed by atoms with van der Waals surface area (Å²) in [7, 11) is 0. The first-order valence-corrected chi connectivity index (χ1v) is 13.4. The fourth-order valence-electron chi connectivity index (χ4n) is 4.61. The van der Waals surface area contributed by atoms with Crippen LogP contribution in [0.4, 0.5) is 0 Å².